The number of para-hydroxylation sites is 1. The zero-order valence-electron chi connectivity index (χ0n) is 19.5. The smallest absolute Gasteiger partial charge is 0.260 e. The van der Waals surface area contributed by atoms with E-state index in [1.54, 1.807) is 13.2 Å². The molecule has 178 valence electrons. The third-order valence-electron chi connectivity index (χ3n) is 7.35. The number of pyridine rings is 1. The predicted octanol–water partition coefficient (Wildman–Crippen LogP) is 4.47. The summed E-state index contributed by atoms with van der Waals surface area (Å²) >= 11 is 6.36. The Morgan fingerprint density at radius 2 is 1.89 bits per heavy atom. The number of ether oxygens (including phenoxy) is 1. The molecule has 0 spiro atoms. The van der Waals surface area contributed by atoms with Crippen LogP contribution in [-0.2, 0) is 11.3 Å². The van der Waals surface area contributed by atoms with Crippen LogP contribution < -0.4 is 15.2 Å². The first-order chi connectivity index (χ1) is 17.0. The molecule has 0 saturated carbocycles. The fraction of sp³-hybridized carbons (Fsp3) is 0.286. The van der Waals surface area contributed by atoms with E-state index < -0.39 is 0 Å². The molecule has 6 nitrogen and oxygen atoms in total. The van der Waals surface area contributed by atoms with Crippen molar-refractivity contribution in [3.05, 3.63) is 92.9 Å². The number of anilines is 1. The molecule has 7 heteroatoms. The van der Waals surface area contributed by atoms with E-state index in [1.165, 1.54) is 0 Å². The Balaban J connectivity index is 1.32. The van der Waals surface area contributed by atoms with E-state index in [4.69, 9.17) is 16.3 Å². The molecule has 6 rings (SSSR count). The largest absolute Gasteiger partial charge is 0.496 e. The first-order valence-electron chi connectivity index (χ1n) is 11.9. The molecule has 1 amide bonds. The molecule has 1 aromatic heterocycles. The van der Waals surface area contributed by atoms with Crippen LogP contribution in [0.1, 0.15) is 29.2 Å². The highest BCUT2D eigenvalue weighted by Crippen LogP contribution is 2.41. The van der Waals surface area contributed by atoms with Crippen LogP contribution in [-0.4, -0.2) is 42.2 Å². The van der Waals surface area contributed by atoms with Crippen molar-refractivity contribution < 1.29 is 9.53 Å². The highest BCUT2D eigenvalue weighted by Gasteiger charge is 2.38. The fourth-order valence-electron chi connectivity index (χ4n) is 5.86. The minimum atomic E-state index is -0.0412. The Labute approximate surface area is 209 Å². The van der Waals surface area contributed by atoms with Crippen LogP contribution in [0, 0.1) is 5.92 Å². The standard InChI is InChI=1S/C28H26ClN3O3/c1-35-26-7-3-2-5-19(26)12-23-22-10-9-21(29)13-25(22)32(28(23)34)17-30-14-18-11-20(16-30)24-6-4-8-27(33)31(24)15-18/h2-10,12-13,18,20H,11,14-17H2,1H3/t18-,20-/m0/s1. The number of aromatic nitrogens is 1. The Kier molecular flexibility index (Phi) is 5.50. The van der Waals surface area contributed by atoms with Crippen molar-refractivity contribution in [3.8, 4) is 5.75 Å². The van der Waals surface area contributed by atoms with Crippen LogP contribution in [0.3, 0.4) is 0 Å². The van der Waals surface area contributed by atoms with Gasteiger partial charge in [-0.15, -0.1) is 0 Å². The summed E-state index contributed by atoms with van der Waals surface area (Å²) in [5, 5.41) is 0.601. The minimum Gasteiger partial charge on any atom is -0.496 e. The number of rotatable bonds is 4. The number of piperidine rings is 1. The SMILES string of the molecule is COc1ccccc1C=C1C(=O)N(CN2C[C@@H]3C[C@@H](C2)c2cccc(=O)n2C3)c2cc(Cl)ccc21. The fourth-order valence-corrected chi connectivity index (χ4v) is 6.02. The van der Waals surface area contributed by atoms with Gasteiger partial charge in [0.25, 0.3) is 11.5 Å². The second kappa shape index (κ2) is 8.70. The minimum absolute atomic E-state index is 0.0412. The molecule has 2 bridgehead atoms. The number of benzene rings is 2. The van der Waals surface area contributed by atoms with Gasteiger partial charge in [-0.2, -0.15) is 0 Å². The number of methoxy groups -OCH3 is 1. The highest BCUT2D eigenvalue weighted by atomic mass is 35.5. The molecule has 2 aromatic carbocycles. The van der Waals surface area contributed by atoms with Crippen LogP contribution in [0.4, 0.5) is 5.69 Å². The van der Waals surface area contributed by atoms with Crippen molar-refractivity contribution in [1.29, 1.82) is 0 Å². The first-order valence-corrected chi connectivity index (χ1v) is 12.3. The molecule has 3 aliphatic rings. The van der Waals surface area contributed by atoms with Crippen LogP contribution in [0.5, 0.6) is 5.75 Å². The maximum Gasteiger partial charge on any atom is 0.260 e. The number of fused-ring (bicyclic) bond motifs is 5. The highest BCUT2D eigenvalue weighted by molar-refractivity contribution is 6.37. The average Bonchev–Trinajstić information content (AvgIpc) is 3.10. The lowest BCUT2D eigenvalue weighted by Crippen LogP contribution is -2.50. The zero-order valence-corrected chi connectivity index (χ0v) is 20.2. The summed E-state index contributed by atoms with van der Waals surface area (Å²) in [6.45, 7) is 2.88. The van der Waals surface area contributed by atoms with Gasteiger partial charge in [0.05, 0.1) is 19.5 Å². The van der Waals surface area contributed by atoms with Crippen molar-refractivity contribution in [3.63, 3.8) is 0 Å². The summed E-state index contributed by atoms with van der Waals surface area (Å²) in [5.41, 5.74) is 4.38. The molecular weight excluding hydrogens is 462 g/mol. The van der Waals surface area contributed by atoms with Gasteiger partial charge in [0, 0.05) is 59.0 Å². The van der Waals surface area contributed by atoms with Gasteiger partial charge in [0.15, 0.2) is 0 Å². The third-order valence-corrected chi connectivity index (χ3v) is 7.59. The van der Waals surface area contributed by atoms with Gasteiger partial charge in [-0.1, -0.05) is 41.9 Å². The predicted molar refractivity (Wildman–Crippen MR) is 138 cm³/mol. The molecular formula is C28H26ClN3O3. The lowest BCUT2D eigenvalue weighted by atomic mass is 9.83. The molecule has 35 heavy (non-hydrogen) atoms. The maximum atomic E-state index is 13.7. The Hall–Kier alpha value is -3.35. The van der Waals surface area contributed by atoms with Crippen LogP contribution in [0.15, 0.2) is 65.5 Å². The second-order valence-corrected chi connectivity index (χ2v) is 10.0. The molecule has 0 aliphatic carbocycles. The number of hydrogen-bond donors (Lipinski definition) is 0. The van der Waals surface area contributed by atoms with Gasteiger partial charge < -0.3 is 9.30 Å². The molecule has 2 atom stereocenters. The van der Waals surface area contributed by atoms with E-state index in [1.807, 2.05) is 64.1 Å². The van der Waals surface area contributed by atoms with E-state index in [9.17, 15) is 9.59 Å². The van der Waals surface area contributed by atoms with Crippen LogP contribution in [0.2, 0.25) is 5.02 Å². The number of hydrogen-bond acceptors (Lipinski definition) is 4. The summed E-state index contributed by atoms with van der Waals surface area (Å²) in [6.07, 6.45) is 2.98. The van der Waals surface area contributed by atoms with E-state index in [-0.39, 0.29) is 17.4 Å². The Morgan fingerprint density at radius 3 is 2.74 bits per heavy atom. The summed E-state index contributed by atoms with van der Waals surface area (Å²) in [4.78, 5) is 30.3. The van der Waals surface area contributed by atoms with E-state index in [0.717, 1.165) is 54.3 Å². The molecule has 0 N–H and O–H groups in total. The number of carbonyl (C=O) groups excluding carboxylic acids is 1. The van der Waals surface area contributed by atoms with Gasteiger partial charge in [0.2, 0.25) is 0 Å². The molecule has 1 fully saturated rings. The van der Waals surface area contributed by atoms with Gasteiger partial charge in [-0.05, 0) is 42.7 Å². The number of carbonyl (C=O) groups is 1. The van der Waals surface area contributed by atoms with Gasteiger partial charge in [-0.3, -0.25) is 19.4 Å². The molecule has 0 unspecified atom stereocenters. The summed E-state index contributed by atoms with van der Waals surface area (Å²) in [5.74, 6) is 1.36. The van der Waals surface area contributed by atoms with Gasteiger partial charge in [-0.25, -0.2) is 0 Å². The Morgan fingerprint density at radius 1 is 1.03 bits per heavy atom. The van der Waals surface area contributed by atoms with Crippen molar-refractivity contribution in [2.45, 2.75) is 18.9 Å². The summed E-state index contributed by atoms with van der Waals surface area (Å²) in [7, 11) is 1.63. The maximum absolute atomic E-state index is 13.7. The monoisotopic (exact) mass is 487 g/mol. The lowest BCUT2D eigenvalue weighted by Gasteiger charge is -2.43. The zero-order chi connectivity index (χ0) is 24.1. The average molecular weight is 488 g/mol. The lowest BCUT2D eigenvalue weighted by molar-refractivity contribution is -0.113. The van der Waals surface area contributed by atoms with Crippen LogP contribution >= 0.6 is 11.6 Å². The van der Waals surface area contributed by atoms with E-state index in [2.05, 4.69) is 11.0 Å². The van der Waals surface area contributed by atoms with Crippen molar-refractivity contribution in [2.24, 2.45) is 5.92 Å². The van der Waals surface area contributed by atoms with E-state index in [0.29, 0.717) is 23.2 Å². The molecule has 1 saturated heterocycles. The number of nitrogens with zero attached hydrogens (tertiary/aromatic N) is 3. The van der Waals surface area contributed by atoms with Gasteiger partial charge in [0.1, 0.15) is 5.75 Å². The number of likely N-dealkylation sites (tertiary alicyclic amines) is 1. The quantitative estimate of drug-likeness (QED) is 0.509. The van der Waals surface area contributed by atoms with Crippen molar-refractivity contribution in [1.82, 2.24) is 9.47 Å². The number of amides is 1. The molecule has 0 radical (unpaired) electrons. The van der Waals surface area contributed by atoms with Crippen LogP contribution in [0.25, 0.3) is 11.6 Å². The molecule has 3 aromatic rings. The Bertz CT molecular complexity index is 1410. The van der Waals surface area contributed by atoms with Gasteiger partial charge >= 0.3 is 0 Å². The summed E-state index contributed by atoms with van der Waals surface area (Å²) < 4.78 is 7.43. The van der Waals surface area contributed by atoms with Crippen molar-refractivity contribution >= 4 is 34.8 Å². The molecule has 4 heterocycles. The van der Waals surface area contributed by atoms with Crippen molar-refractivity contribution in [2.75, 3.05) is 31.8 Å². The topological polar surface area (TPSA) is 54.8 Å². The second-order valence-electron chi connectivity index (χ2n) is 9.57. The van der Waals surface area contributed by atoms with E-state index >= 15 is 0 Å². The normalized spacial score (nSPS) is 22.3. The molecule has 3 aliphatic heterocycles. The third kappa shape index (κ3) is 3.87. The summed E-state index contributed by atoms with van der Waals surface area (Å²) in [6, 6.07) is 18.9. The first kappa shape index (κ1) is 22.1. The number of halogens is 1.